The third kappa shape index (κ3) is 3.91. The van der Waals surface area contributed by atoms with Crippen LogP contribution in [-0.4, -0.2) is 37.9 Å². The summed E-state index contributed by atoms with van der Waals surface area (Å²) >= 11 is 0. The van der Waals surface area contributed by atoms with Crippen molar-refractivity contribution in [1.29, 1.82) is 0 Å². The fourth-order valence-electron chi connectivity index (χ4n) is 2.96. The number of morpholine rings is 1. The maximum atomic E-state index is 12.0. The molecule has 1 aromatic carbocycles. The highest BCUT2D eigenvalue weighted by atomic mass is 16.5. The van der Waals surface area contributed by atoms with Gasteiger partial charge in [0, 0.05) is 19.6 Å². The number of hydrogen-bond donors (Lipinski definition) is 2. The van der Waals surface area contributed by atoms with Crippen LogP contribution < -0.4 is 15.5 Å². The van der Waals surface area contributed by atoms with Gasteiger partial charge in [-0.1, -0.05) is 12.1 Å². The number of rotatable bonds is 4. The maximum absolute atomic E-state index is 12.0. The summed E-state index contributed by atoms with van der Waals surface area (Å²) in [6.07, 6.45) is 2.86. The standard InChI is InChI=1S/C17H25N3O2/c1-12-10-20(11-13(2)22-12)16-6-4-3-5-15(16)19-17(21)18-9-14-7-8-14/h3-6,12-14H,7-11H2,1-2H3,(H2,18,19,21)/t12-,13+. The first-order valence-corrected chi connectivity index (χ1v) is 8.16. The molecule has 1 aromatic rings. The zero-order valence-electron chi connectivity index (χ0n) is 13.3. The minimum absolute atomic E-state index is 0.117. The van der Waals surface area contributed by atoms with E-state index in [-0.39, 0.29) is 18.2 Å². The lowest BCUT2D eigenvalue weighted by Crippen LogP contribution is -2.45. The summed E-state index contributed by atoms with van der Waals surface area (Å²) < 4.78 is 5.79. The van der Waals surface area contributed by atoms with E-state index < -0.39 is 0 Å². The van der Waals surface area contributed by atoms with E-state index in [1.54, 1.807) is 0 Å². The molecule has 1 heterocycles. The van der Waals surface area contributed by atoms with Gasteiger partial charge < -0.3 is 20.3 Å². The van der Waals surface area contributed by atoms with Crippen LogP contribution in [0, 0.1) is 5.92 Å². The average Bonchev–Trinajstić information content (AvgIpc) is 3.29. The van der Waals surface area contributed by atoms with Gasteiger partial charge in [-0.2, -0.15) is 0 Å². The SMILES string of the molecule is C[C@@H]1CN(c2ccccc2NC(=O)NCC2CC2)C[C@H](C)O1. The molecule has 1 saturated carbocycles. The molecule has 2 atom stereocenters. The van der Waals surface area contributed by atoms with Crippen molar-refractivity contribution < 1.29 is 9.53 Å². The highest BCUT2D eigenvalue weighted by Gasteiger charge is 2.25. The van der Waals surface area contributed by atoms with E-state index in [1.807, 2.05) is 18.2 Å². The highest BCUT2D eigenvalue weighted by Crippen LogP contribution is 2.29. The van der Waals surface area contributed by atoms with Crippen LogP contribution in [0.3, 0.4) is 0 Å². The number of carbonyl (C=O) groups is 1. The lowest BCUT2D eigenvalue weighted by molar-refractivity contribution is -0.00517. The van der Waals surface area contributed by atoms with Gasteiger partial charge in [-0.3, -0.25) is 0 Å². The van der Waals surface area contributed by atoms with Gasteiger partial charge in [0.25, 0.3) is 0 Å². The number of nitrogens with one attached hydrogen (secondary N) is 2. The summed E-state index contributed by atoms with van der Waals surface area (Å²) in [6.45, 7) is 6.63. The average molecular weight is 303 g/mol. The number of carbonyl (C=O) groups excluding carboxylic acids is 1. The van der Waals surface area contributed by atoms with E-state index >= 15 is 0 Å². The second-order valence-corrected chi connectivity index (χ2v) is 6.46. The van der Waals surface area contributed by atoms with Gasteiger partial charge in [0.2, 0.25) is 0 Å². The summed E-state index contributed by atoms with van der Waals surface area (Å²) in [5, 5.41) is 5.94. The molecule has 2 aliphatic rings. The molecule has 0 spiro atoms. The molecule has 0 bridgehead atoms. The first-order valence-electron chi connectivity index (χ1n) is 8.16. The number of para-hydroxylation sites is 2. The van der Waals surface area contributed by atoms with Crippen molar-refractivity contribution in [3.05, 3.63) is 24.3 Å². The van der Waals surface area contributed by atoms with E-state index in [0.29, 0.717) is 5.92 Å². The molecule has 3 rings (SSSR count). The largest absolute Gasteiger partial charge is 0.372 e. The monoisotopic (exact) mass is 303 g/mol. The second-order valence-electron chi connectivity index (χ2n) is 6.46. The van der Waals surface area contributed by atoms with Crippen molar-refractivity contribution in [2.45, 2.75) is 38.9 Å². The Morgan fingerprint density at radius 2 is 1.91 bits per heavy atom. The van der Waals surface area contributed by atoms with Crippen LogP contribution in [-0.2, 0) is 4.74 Å². The van der Waals surface area contributed by atoms with Crippen LogP contribution in [0.4, 0.5) is 16.2 Å². The lowest BCUT2D eigenvalue weighted by atomic mass is 10.1. The molecule has 5 heteroatoms. The highest BCUT2D eigenvalue weighted by molar-refractivity contribution is 5.93. The van der Waals surface area contributed by atoms with Crippen LogP contribution in [0.25, 0.3) is 0 Å². The summed E-state index contributed by atoms with van der Waals surface area (Å²) in [6, 6.07) is 7.85. The molecule has 0 unspecified atom stereocenters. The predicted octanol–water partition coefficient (Wildman–Crippen LogP) is 2.83. The molecule has 1 saturated heterocycles. The Morgan fingerprint density at radius 1 is 1.23 bits per heavy atom. The smallest absolute Gasteiger partial charge is 0.319 e. The molecule has 120 valence electrons. The van der Waals surface area contributed by atoms with Gasteiger partial charge in [0.05, 0.1) is 23.6 Å². The van der Waals surface area contributed by atoms with Gasteiger partial charge in [0.1, 0.15) is 0 Å². The van der Waals surface area contributed by atoms with E-state index in [4.69, 9.17) is 4.74 Å². The number of benzene rings is 1. The number of anilines is 2. The Balaban J connectivity index is 1.67. The van der Waals surface area contributed by atoms with E-state index in [9.17, 15) is 4.79 Å². The van der Waals surface area contributed by atoms with Crippen LogP contribution in [0.5, 0.6) is 0 Å². The van der Waals surface area contributed by atoms with E-state index in [0.717, 1.165) is 31.0 Å². The predicted molar refractivity (Wildman–Crippen MR) is 88.4 cm³/mol. The van der Waals surface area contributed by atoms with Crippen LogP contribution in [0.15, 0.2) is 24.3 Å². The number of hydrogen-bond acceptors (Lipinski definition) is 3. The van der Waals surface area contributed by atoms with Gasteiger partial charge >= 0.3 is 6.03 Å². The van der Waals surface area contributed by atoms with Crippen LogP contribution in [0.1, 0.15) is 26.7 Å². The normalized spacial score (nSPS) is 24.9. The molecule has 0 aromatic heterocycles. The molecule has 1 aliphatic heterocycles. The number of ether oxygens (including phenoxy) is 1. The van der Waals surface area contributed by atoms with Crippen molar-refractivity contribution in [1.82, 2.24) is 5.32 Å². The van der Waals surface area contributed by atoms with Gasteiger partial charge in [-0.25, -0.2) is 4.79 Å². The lowest BCUT2D eigenvalue weighted by Gasteiger charge is -2.37. The van der Waals surface area contributed by atoms with Crippen LogP contribution in [0.2, 0.25) is 0 Å². The number of amides is 2. The van der Waals surface area contributed by atoms with Crippen LogP contribution >= 0.6 is 0 Å². The summed E-state index contributed by atoms with van der Waals surface area (Å²) in [5.74, 6) is 0.682. The molecule has 2 fully saturated rings. The van der Waals surface area contributed by atoms with Gasteiger partial charge in [-0.15, -0.1) is 0 Å². The number of urea groups is 1. The minimum atomic E-state index is -0.117. The molecule has 0 radical (unpaired) electrons. The van der Waals surface area contributed by atoms with E-state index in [2.05, 4.69) is 35.4 Å². The summed E-state index contributed by atoms with van der Waals surface area (Å²) in [5.41, 5.74) is 1.92. The first kappa shape index (κ1) is 15.2. The summed E-state index contributed by atoms with van der Waals surface area (Å²) in [7, 11) is 0. The second kappa shape index (κ2) is 6.57. The Hall–Kier alpha value is -1.75. The van der Waals surface area contributed by atoms with Crippen molar-refractivity contribution in [3.63, 3.8) is 0 Å². The minimum Gasteiger partial charge on any atom is -0.372 e. The molecular formula is C17H25N3O2. The zero-order chi connectivity index (χ0) is 15.5. The molecule has 5 nitrogen and oxygen atoms in total. The van der Waals surface area contributed by atoms with Gasteiger partial charge in [0.15, 0.2) is 0 Å². The van der Waals surface area contributed by atoms with E-state index in [1.165, 1.54) is 12.8 Å². The Kier molecular flexibility index (Phi) is 4.52. The fraction of sp³-hybridized carbons (Fsp3) is 0.588. The zero-order valence-corrected chi connectivity index (χ0v) is 13.3. The Labute approximate surface area is 132 Å². The molecular weight excluding hydrogens is 278 g/mol. The molecule has 1 aliphatic carbocycles. The molecule has 22 heavy (non-hydrogen) atoms. The van der Waals surface area contributed by atoms with Crippen molar-refractivity contribution in [3.8, 4) is 0 Å². The first-order chi connectivity index (χ1) is 10.6. The van der Waals surface area contributed by atoms with Crippen molar-refractivity contribution in [2.75, 3.05) is 29.9 Å². The van der Waals surface area contributed by atoms with Gasteiger partial charge in [-0.05, 0) is 44.7 Å². The Bertz CT molecular complexity index is 520. The summed E-state index contributed by atoms with van der Waals surface area (Å²) in [4.78, 5) is 14.3. The quantitative estimate of drug-likeness (QED) is 0.899. The topological polar surface area (TPSA) is 53.6 Å². The van der Waals surface area contributed by atoms with Crippen molar-refractivity contribution in [2.24, 2.45) is 5.92 Å². The third-order valence-corrected chi connectivity index (χ3v) is 4.16. The fourth-order valence-corrected chi connectivity index (χ4v) is 2.96. The maximum Gasteiger partial charge on any atom is 0.319 e. The molecule has 2 amide bonds. The Morgan fingerprint density at radius 3 is 2.59 bits per heavy atom. The van der Waals surface area contributed by atoms with Crippen molar-refractivity contribution >= 4 is 17.4 Å². The molecule has 2 N–H and O–H groups in total. The third-order valence-electron chi connectivity index (χ3n) is 4.16. The number of nitrogens with zero attached hydrogens (tertiary/aromatic N) is 1.